The van der Waals surface area contributed by atoms with Gasteiger partial charge in [-0.25, -0.2) is 0 Å². The van der Waals surface area contributed by atoms with Crippen LogP contribution in [0.4, 0.5) is 0 Å². The van der Waals surface area contributed by atoms with Gasteiger partial charge >= 0.3 is 0 Å². The van der Waals surface area contributed by atoms with Crippen molar-refractivity contribution in [2.75, 3.05) is 13.6 Å². The van der Waals surface area contributed by atoms with Crippen molar-refractivity contribution in [2.45, 2.75) is 19.4 Å². The first-order valence-corrected chi connectivity index (χ1v) is 6.99. The molecule has 0 aliphatic carbocycles. The Kier molecular flexibility index (Phi) is 5.34. The second kappa shape index (κ2) is 7.47. The van der Waals surface area contributed by atoms with Crippen molar-refractivity contribution in [1.82, 2.24) is 4.90 Å². The van der Waals surface area contributed by atoms with Gasteiger partial charge in [0.1, 0.15) is 0 Å². The number of unbranched alkanes of at least 4 members (excludes halogenated alkanes) is 1. The zero-order chi connectivity index (χ0) is 14.2. The second-order valence-electron chi connectivity index (χ2n) is 5.06. The van der Waals surface area contributed by atoms with E-state index in [0.717, 1.165) is 19.5 Å². The van der Waals surface area contributed by atoms with Crippen LogP contribution in [-0.2, 0) is 6.54 Å². The molecule has 0 saturated heterocycles. The summed E-state index contributed by atoms with van der Waals surface area (Å²) in [4.78, 5) is 2.26. The molecule has 0 aromatic heterocycles. The Hall–Kier alpha value is -2.11. The smallest absolute Gasteiger partial charge is 0.0622 e. The molecule has 0 bridgehead atoms. The fraction of sp³-hybridized carbons (Fsp3) is 0.278. The molecule has 2 heteroatoms. The van der Waals surface area contributed by atoms with E-state index in [-0.39, 0.29) is 0 Å². The van der Waals surface area contributed by atoms with Crippen molar-refractivity contribution in [3.8, 4) is 17.2 Å². The van der Waals surface area contributed by atoms with Gasteiger partial charge in [0.15, 0.2) is 0 Å². The molecule has 2 aromatic carbocycles. The Morgan fingerprint density at radius 3 is 2.25 bits per heavy atom. The molecular weight excluding hydrogens is 244 g/mol. The molecule has 0 spiro atoms. The molecule has 0 fully saturated rings. The first-order chi connectivity index (χ1) is 9.79. The second-order valence-corrected chi connectivity index (χ2v) is 5.06. The van der Waals surface area contributed by atoms with E-state index in [9.17, 15) is 0 Å². The van der Waals surface area contributed by atoms with Crippen LogP contribution < -0.4 is 0 Å². The van der Waals surface area contributed by atoms with Crippen LogP contribution in [0.1, 0.15) is 18.4 Å². The molecule has 2 rings (SSSR count). The Bertz CT molecular complexity index is 552. The van der Waals surface area contributed by atoms with E-state index in [1.54, 1.807) is 0 Å². The van der Waals surface area contributed by atoms with Gasteiger partial charge in [0, 0.05) is 13.0 Å². The van der Waals surface area contributed by atoms with Crippen LogP contribution in [0.25, 0.3) is 11.1 Å². The topological polar surface area (TPSA) is 27.0 Å². The molecule has 2 aromatic rings. The van der Waals surface area contributed by atoms with Crippen LogP contribution in [0, 0.1) is 11.3 Å². The standard InChI is InChI=1S/C18H20N2/c1-20(14-6-5-13-19)15-16-9-11-18(12-10-16)17-7-3-2-4-8-17/h2-4,7-12H,5-6,14-15H2,1H3. The zero-order valence-corrected chi connectivity index (χ0v) is 11.9. The van der Waals surface area contributed by atoms with Crippen molar-refractivity contribution in [2.24, 2.45) is 0 Å². The van der Waals surface area contributed by atoms with Crippen LogP contribution in [-0.4, -0.2) is 18.5 Å². The largest absolute Gasteiger partial charge is 0.302 e. The summed E-state index contributed by atoms with van der Waals surface area (Å²) < 4.78 is 0. The zero-order valence-electron chi connectivity index (χ0n) is 11.9. The summed E-state index contributed by atoms with van der Waals surface area (Å²) in [7, 11) is 2.10. The summed E-state index contributed by atoms with van der Waals surface area (Å²) in [6.45, 7) is 1.90. The van der Waals surface area contributed by atoms with E-state index < -0.39 is 0 Å². The minimum Gasteiger partial charge on any atom is -0.302 e. The van der Waals surface area contributed by atoms with E-state index in [1.807, 2.05) is 6.07 Å². The van der Waals surface area contributed by atoms with Gasteiger partial charge in [-0.15, -0.1) is 0 Å². The minimum absolute atomic E-state index is 0.636. The molecule has 20 heavy (non-hydrogen) atoms. The molecule has 0 aliphatic heterocycles. The Morgan fingerprint density at radius 1 is 0.950 bits per heavy atom. The van der Waals surface area contributed by atoms with Crippen molar-refractivity contribution >= 4 is 0 Å². The molecule has 0 radical (unpaired) electrons. The maximum atomic E-state index is 8.54. The predicted octanol–water partition coefficient (Wildman–Crippen LogP) is 4.09. The van der Waals surface area contributed by atoms with Gasteiger partial charge in [0.25, 0.3) is 0 Å². The lowest BCUT2D eigenvalue weighted by molar-refractivity contribution is 0.323. The number of nitrogens with zero attached hydrogens (tertiary/aromatic N) is 2. The maximum Gasteiger partial charge on any atom is 0.0622 e. The lowest BCUT2D eigenvalue weighted by Crippen LogP contribution is -2.18. The highest BCUT2D eigenvalue weighted by Crippen LogP contribution is 2.19. The van der Waals surface area contributed by atoms with Crippen LogP contribution in [0.5, 0.6) is 0 Å². The average molecular weight is 264 g/mol. The number of rotatable bonds is 6. The van der Waals surface area contributed by atoms with E-state index in [0.29, 0.717) is 6.42 Å². The lowest BCUT2D eigenvalue weighted by atomic mass is 10.0. The molecule has 2 nitrogen and oxygen atoms in total. The molecule has 0 heterocycles. The summed E-state index contributed by atoms with van der Waals surface area (Å²) in [5, 5.41) is 8.54. The molecule has 0 saturated carbocycles. The maximum absolute atomic E-state index is 8.54. The monoisotopic (exact) mass is 264 g/mol. The van der Waals surface area contributed by atoms with E-state index in [4.69, 9.17) is 5.26 Å². The Morgan fingerprint density at radius 2 is 1.60 bits per heavy atom. The first kappa shape index (κ1) is 14.3. The van der Waals surface area contributed by atoms with E-state index in [1.165, 1.54) is 16.7 Å². The van der Waals surface area contributed by atoms with Crippen LogP contribution in [0.2, 0.25) is 0 Å². The van der Waals surface area contributed by atoms with Crippen LogP contribution >= 0.6 is 0 Å². The molecule has 0 aliphatic rings. The quantitative estimate of drug-likeness (QED) is 0.735. The first-order valence-electron chi connectivity index (χ1n) is 6.99. The highest BCUT2D eigenvalue weighted by molar-refractivity contribution is 5.63. The number of benzene rings is 2. The molecule has 0 amide bonds. The van der Waals surface area contributed by atoms with Crippen molar-refractivity contribution in [3.05, 3.63) is 60.2 Å². The highest BCUT2D eigenvalue weighted by Gasteiger charge is 2.01. The van der Waals surface area contributed by atoms with Crippen molar-refractivity contribution < 1.29 is 0 Å². The molecule has 0 N–H and O–H groups in total. The third-order valence-corrected chi connectivity index (χ3v) is 3.34. The Balaban J connectivity index is 1.94. The summed E-state index contributed by atoms with van der Waals surface area (Å²) in [5.74, 6) is 0. The van der Waals surface area contributed by atoms with E-state index >= 15 is 0 Å². The summed E-state index contributed by atoms with van der Waals surface area (Å²) in [6, 6.07) is 21.3. The average Bonchev–Trinajstić information content (AvgIpc) is 2.49. The summed E-state index contributed by atoms with van der Waals surface area (Å²) in [6.07, 6.45) is 1.58. The van der Waals surface area contributed by atoms with Gasteiger partial charge in [-0.3, -0.25) is 0 Å². The minimum atomic E-state index is 0.636. The van der Waals surface area contributed by atoms with Gasteiger partial charge in [-0.05, 0) is 36.7 Å². The summed E-state index contributed by atoms with van der Waals surface area (Å²) >= 11 is 0. The normalized spacial score (nSPS) is 10.4. The van der Waals surface area contributed by atoms with Crippen molar-refractivity contribution in [1.29, 1.82) is 5.26 Å². The fourth-order valence-electron chi connectivity index (χ4n) is 2.25. The molecule has 0 atom stereocenters. The molecular formula is C18H20N2. The molecule has 0 unspecified atom stereocenters. The third kappa shape index (κ3) is 4.22. The SMILES string of the molecule is CN(CCCC#N)Cc1ccc(-c2ccccc2)cc1. The third-order valence-electron chi connectivity index (χ3n) is 3.34. The van der Waals surface area contributed by atoms with Gasteiger partial charge in [-0.2, -0.15) is 5.26 Å². The highest BCUT2D eigenvalue weighted by atomic mass is 15.1. The number of nitriles is 1. The van der Waals surface area contributed by atoms with Crippen LogP contribution in [0.15, 0.2) is 54.6 Å². The Labute approximate surface area is 121 Å². The van der Waals surface area contributed by atoms with E-state index in [2.05, 4.69) is 66.5 Å². The van der Waals surface area contributed by atoms with Gasteiger partial charge in [-0.1, -0.05) is 54.6 Å². The van der Waals surface area contributed by atoms with Gasteiger partial charge in [0.2, 0.25) is 0 Å². The summed E-state index contributed by atoms with van der Waals surface area (Å²) in [5.41, 5.74) is 3.81. The number of hydrogen-bond acceptors (Lipinski definition) is 2. The van der Waals surface area contributed by atoms with Gasteiger partial charge < -0.3 is 4.90 Å². The van der Waals surface area contributed by atoms with Crippen LogP contribution in [0.3, 0.4) is 0 Å². The lowest BCUT2D eigenvalue weighted by Gasteiger charge is -2.16. The van der Waals surface area contributed by atoms with Gasteiger partial charge in [0.05, 0.1) is 6.07 Å². The predicted molar refractivity (Wildman–Crippen MR) is 83.1 cm³/mol. The van der Waals surface area contributed by atoms with Crippen molar-refractivity contribution in [3.63, 3.8) is 0 Å². The fourth-order valence-corrected chi connectivity index (χ4v) is 2.25. The molecule has 102 valence electrons. The number of hydrogen-bond donors (Lipinski definition) is 0.